The number of halogens is 1. The van der Waals surface area contributed by atoms with E-state index in [0.29, 0.717) is 12.2 Å². The summed E-state index contributed by atoms with van der Waals surface area (Å²) in [4.78, 5) is 6.78. The number of morpholine rings is 1. The van der Waals surface area contributed by atoms with Crippen molar-refractivity contribution in [2.45, 2.75) is 38.9 Å². The maximum Gasteiger partial charge on any atom is 0.190 e. The monoisotopic (exact) mass is 490 g/mol. The lowest BCUT2D eigenvalue weighted by Crippen LogP contribution is -2.46. The number of hydrogen-bond donors (Lipinski definition) is 2. The predicted octanol–water partition coefficient (Wildman–Crippen LogP) is 2.52. The van der Waals surface area contributed by atoms with Gasteiger partial charge >= 0.3 is 0 Å². The van der Waals surface area contributed by atoms with Gasteiger partial charge in [-0.2, -0.15) is 0 Å². The van der Waals surface area contributed by atoms with Crippen LogP contribution in [0.4, 0.5) is 0 Å². The molecule has 2 N–H and O–H groups in total. The highest BCUT2D eigenvalue weighted by Gasteiger charge is 2.21. The fraction of sp³-hybridized carbons (Fsp3) is 0.650. The number of nitrogens with one attached hydrogen (secondary N) is 2. The Labute approximate surface area is 181 Å². The molecular weight excluding hydrogens is 455 g/mol. The van der Waals surface area contributed by atoms with Crippen molar-refractivity contribution in [3.63, 3.8) is 0 Å². The van der Waals surface area contributed by atoms with E-state index in [-0.39, 0.29) is 24.0 Å². The molecule has 0 saturated carbocycles. The van der Waals surface area contributed by atoms with Crippen LogP contribution in [0.2, 0.25) is 0 Å². The summed E-state index contributed by atoms with van der Waals surface area (Å²) in [6, 6.07) is 8.19. The molecule has 1 heterocycles. The normalized spacial score (nSPS) is 20.7. The van der Waals surface area contributed by atoms with E-state index in [0.717, 1.165) is 57.3 Å². The van der Waals surface area contributed by atoms with Gasteiger partial charge in [-0.1, -0.05) is 12.1 Å². The van der Waals surface area contributed by atoms with E-state index in [2.05, 4.69) is 46.5 Å². The topological polar surface area (TPSA) is 58.1 Å². The number of guanidine groups is 1. The smallest absolute Gasteiger partial charge is 0.190 e. The first kappa shape index (κ1) is 24.0. The lowest BCUT2D eigenvalue weighted by molar-refractivity contribution is -0.0679. The Hall–Kier alpha value is -1.06. The molecule has 1 saturated heterocycles. The van der Waals surface area contributed by atoms with Crippen molar-refractivity contribution in [3.05, 3.63) is 29.8 Å². The summed E-state index contributed by atoms with van der Waals surface area (Å²) in [7, 11) is 3.50. The predicted molar refractivity (Wildman–Crippen MR) is 123 cm³/mol. The van der Waals surface area contributed by atoms with Gasteiger partial charge in [0.05, 0.1) is 19.3 Å². The second kappa shape index (κ2) is 13.2. The van der Waals surface area contributed by atoms with E-state index in [1.807, 2.05) is 19.2 Å². The summed E-state index contributed by atoms with van der Waals surface area (Å²) >= 11 is 0. The summed E-state index contributed by atoms with van der Waals surface area (Å²) < 4.78 is 11.0. The number of benzene rings is 1. The molecule has 0 aliphatic carbocycles. The van der Waals surface area contributed by atoms with Gasteiger partial charge in [-0.15, -0.1) is 24.0 Å². The van der Waals surface area contributed by atoms with Crippen LogP contribution < -0.4 is 15.4 Å². The lowest BCUT2D eigenvalue weighted by Gasteiger charge is -2.35. The first-order chi connectivity index (χ1) is 12.6. The Morgan fingerprint density at radius 2 is 1.78 bits per heavy atom. The molecule has 1 aromatic carbocycles. The molecule has 2 unspecified atom stereocenters. The van der Waals surface area contributed by atoms with Crippen LogP contribution in [0, 0.1) is 0 Å². The van der Waals surface area contributed by atoms with Gasteiger partial charge in [0.2, 0.25) is 0 Å². The molecule has 1 aliphatic heterocycles. The van der Waals surface area contributed by atoms with Crippen LogP contribution in [0.15, 0.2) is 29.3 Å². The van der Waals surface area contributed by atoms with E-state index in [1.165, 1.54) is 5.56 Å². The number of hydrogen-bond acceptors (Lipinski definition) is 4. The summed E-state index contributed by atoms with van der Waals surface area (Å²) in [6.07, 6.45) is 2.71. The lowest BCUT2D eigenvalue weighted by atomic mass is 10.1. The highest BCUT2D eigenvalue weighted by Crippen LogP contribution is 2.11. The van der Waals surface area contributed by atoms with E-state index < -0.39 is 0 Å². The molecule has 0 amide bonds. The van der Waals surface area contributed by atoms with Gasteiger partial charge in [-0.25, -0.2) is 0 Å². The average Bonchev–Trinajstić information content (AvgIpc) is 2.63. The summed E-state index contributed by atoms with van der Waals surface area (Å²) in [5.74, 6) is 1.76. The average molecular weight is 490 g/mol. The van der Waals surface area contributed by atoms with Crippen LogP contribution in [-0.4, -0.2) is 69.9 Å². The molecule has 2 rings (SSSR count). The largest absolute Gasteiger partial charge is 0.497 e. The standard InChI is InChI=1S/C20H34N4O2.HI/c1-16-14-24(15-17(2)26-16)13-5-11-22-20(21-3)23-12-10-18-6-8-19(25-4)9-7-18;/h6-9,16-17H,5,10-15H2,1-4H3,(H2,21,22,23);1H. The Balaban J connectivity index is 0.00000364. The van der Waals surface area contributed by atoms with Crippen LogP contribution in [0.25, 0.3) is 0 Å². The fourth-order valence-electron chi connectivity index (χ4n) is 3.31. The zero-order chi connectivity index (χ0) is 18.8. The Kier molecular flexibility index (Phi) is 11.7. The van der Waals surface area contributed by atoms with E-state index in [4.69, 9.17) is 9.47 Å². The third-order valence-electron chi connectivity index (χ3n) is 4.53. The second-order valence-corrected chi connectivity index (χ2v) is 6.89. The van der Waals surface area contributed by atoms with Crippen LogP contribution in [0.3, 0.4) is 0 Å². The summed E-state index contributed by atoms with van der Waals surface area (Å²) in [5, 5.41) is 6.77. The highest BCUT2D eigenvalue weighted by atomic mass is 127. The molecule has 1 aromatic rings. The molecular formula is C20H35IN4O2. The van der Waals surface area contributed by atoms with Crippen molar-refractivity contribution < 1.29 is 9.47 Å². The zero-order valence-electron chi connectivity index (χ0n) is 17.0. The van der Waals surface area contributed by atoms with Crippen LogP contribution in [0.1, 0.15) is 25.8 Å². The molecule has 0 aromatic heterocycles. The Morgan fingerprint density at radius 3 is 2.37 bits per heavy atom. The van der Waals surface area contributed by atoms with Crippen LogP contribution >= 0.6 is 24.0 Å². The van der Waals surface area contributed by atoms with Crippen LogP contribution in [-0.2, 0) is 11.2 Å². The molecule has 0 radical (unpaired) electrons. The molecule has 1 aliphatic rings. The van der Waals surface area contributed by atoms with Gasteiger partial charge in [0, 0.05) is 39.8 Å². The Morgan fingerprint density at radius 1 is 1.15 bits per heavy atom. The molecule has 154 valence electrons. The number of aliphatic imine (C=N–C) groups is 1. The first-order valence-corrected chi connectivity index (χ1v) is 9.56. The Bertz CT molecular complexity index is 543. The molecule has 7 heteroatoms. The number of rotatable bonds is 8. The quantitative estimate of drug-likeness (QED) is 0.254. The molecule has 6 nitrogen and oxygen atoms in total. The van der Waals surface area contributed by atoms with Gasteiger partial charge in [0.25, 0.3) is 0 Å². The summed E-state index contributed by atoms with van der Waals surface area (Å²) in [5.41, 5.74) is 1.28. The van der Waals surface area contributed by atoms with Gasteiger partial charge in [-0.3, -0.25) is 9.89 Å². The first-order valence-electron chi connectivity index (χ1n) is 9.56. The minimum Gasteiger partial charge on any atom is -0.497 e. The van der Waals surface area contributed by atoms with E-state index >= 15 is 0 Å². The summed E-state index contributed by atoms with van der Waals surface area (Å²) in [6.45, 7) is 9.21. The molecule has 0 bridgehead atoms. The SMILES string of the molecule is CN=C(NCCCN1CC(C)OC(C)C1)NCCc1ccc(OC)cc1.I. The van der Waals surface area contributed by atoms with Gasteiger partial charge in [-0.05, 0) is 44.4 Å². The third kappa shape index (κ3) is 9.12. The molecule has 0 spiro atoms. The molecule has 27 heavy (non-hydrogen) atoms. The van der Waals surface area contributed by atoms with Gasteiger partial charge in [0.1, 0.15) is 5.75 Å². The molecule has 2 atom stereocenters. The van der Waals surface area contributed by atoms with Crippen molar-refractivity contribution in [1.82, 2.24) is 15.5 Å². The highest BCUT2D eigenvalue weighted by molar-refractivity contribution is 14.0. The zero-order valence-corrected chi connectivity index (χ0v) is 19.4. The van der Waals surface area contributed by atoms with Crippen molar-refractivity contribution in [2.75, 3.05) is 46.9 Å². The van der Waals surface area contributed by atoms with Crippen molar-refractivity contribution in [2.24, 2.45) is 4.99 Å². The van der Waals surface area contributed by atoms with Crippen molar-refractivity contribution in [1.29, 1.82) is 0 Å². The minimum absolute atomic E-state index is 0. The van der Waals surface area contributed by atoms with E-state index in [9.17, 15) is 0 Å². The van der Waals surface area contributed by atoms with Gasteiger partial charge in [0.15, 0.2) is 5.96 Å². The minimum atomic E-state index is 0. The maximum absolute atomic E-state index is 5.78. The third-order valence-corrected chi connectivity index (χ3v) is 4.53. The number of ether oxygens (including phenoxy) is 2. The number of nitrogens with zero attached hydrogens (tertiary/aromatic N) is 2. The van der Waals surface area contributed by atoms with Crippen molar-refractivity contribution >= 4 is 29.9 Å². The van der Waals surface area contributed by atoms with Crippen molar-refractivity contribution in [3.8, 4) is 5.75 Å². The van der Waals surface area contributed by atoms with Gasteiger partial charge < -0.3 is 20.1 Å². The molecule has 1 fully saturated rings. The second-order valence-electron chi connectivity index (χ2n) is 6.89. The fourth-order valence-corrected chi connectivity index (χ4v) is 3.31. The van der Waals surface area contributed by atoms with E-state index in [1.54, 1.807) is 7.11 Å². The maximum atomic E-state index is 5.78. The van der Waals surface area contributed by atoms with Crippen LogP contribution in [0.5, 0.6) is 5.75 Å². The number of methoxy groups -OCH3 is 1.